The molecule has 0 amide bonds. The number of anilines is 1. The number of ketones is 1. The van der Waals surface area contributed by atoms with Gasteiger partial charge in [-0.1, -0.05) is 43.0 Å². The maximum atomic E-state index is 14.1. The lowest BCUT2D eigenvalue weighted by molar-refractivity contribution is -0.116. The lowest BCUT2D eigenvalue weighted by Gasteiger charge is -2.32. The van der Waals surface area contributed by atoms with Gasteiger partial charge in [-0.05, 0) is 49.3 Å². The van der Waals surface area contributed by atoms with Crippen LogP contribution in [-0.4, -0.2) is 32.9 Å². The molecule has 182 valence electrons. The summed E-state index contributed by atoms with van der Waals surface area (Å²) in [6, 6.07) is 11.7. The minimum Gasteiger partial charge on any atom is -0.490 e. The molecule has 5 rings (SSSR count). The number of Topliss-reactive ketones (excluding diaryl/α,β-unsaturated/α-hetero) is 1. The number of nitrogens with zero attached hydrogens (tertiary/aromatic N) is 3. The Morgan fingerprint density at radius 1 is 1.14 bits per heavy atom. The largest absolute Gasteiger partial charge is 0.490 e. The first kappa shape index (κ1) is 23.4. The Morgan fingerprint density at radius 2 is 2.00 bits per heavy atom. The van der Waals surface area contributed by atoms with Gasteiger partial charge in [0, 0.05) is 23.3 Å². The number of ether oxygens (including phenoxy) is 2. The second kappa shape index (κ2) is 10.1. The molecule has 9 heteroatoms. The third kappa shape index (κ3) is 4.65. The minimum atomic E-state index is -0.410. The number of nitrogens with one attached hydrogen (secondary N) is 1. The molecule has 1 aliphatic heterocycles. The molecule has 2 aliphatic rings. The predicted molar refractivity (Wildman–Crippen MR) is 132 cm³/mol. The van der Waals surface area contributed by atoms with Crippen LogP contribution in [0.5, 0.6) is 11.5 Å². The average molecular weight is 495 g/mol. The molecular weight excluding hydrogens is 467 g/mol. The molecule has 2 aromatic carbocycles. The standard InChI is InChI=1S/C26H27FN4O3S/c1-3-33-22-14-16(12-13-21(22)34-15-17-8-5-6-9-18(17)27)24-23-19(10-7-11-20(23)32)28-25-29-26(35-4-2)30-31(24)25/h5-6,8-9,12-14,24H,3-4,7,10-11,15H2,1-2H3,(H,28,29,30). The second-order valence-electron chi connectivity index (χ2n) is 8.31. The average Bonchev–Trinajstić information content (AvgIpc) is 3.25. The second-order valence-corrected chi connectivity index (χ2v) is 9.54. The van der Waals surface area contributed by atoms with E-state index in [0.29, 0.717) is 41.2 Å². The molecule has 35 heavy (non-hydrogen) atoms. The van der Waals surface area contributed by atoms with E-state index >= 15 is 0 Å². The Bertz CT molecular complexity index is 1290. The number of fused-ring (bicyclic) bond motifs is 1. The van der Waals surface area contributed by atoms with Crippen LogP contribution in [0.2, 0.25) is 0 Å². The summed E-state index contributed by atoms with van der Waals surface area (Å²) in [6.07, 6.45) is 2.12. The highest BCUT2D eigenvalue weighted by atomic mass is 32.2. The van der Waals surface area contributed by atoms with Crippen molar-refractivity contribution in [2.45, 2.75) is 50.9 Å². The summed E-state index contributed by atoms with van der Waals surface area (Å²) in [5, 5.41) is 8.73. The zero-order valence-corrected chi connectivity index (χ0v) is 20.5. The van der Waals surface area contributed by atoms with Gasteiger partial charge < -0.3 is 14.8 Å². The molecule has 0 saturated heterocycles. The number of allylic oxidation sites excluding steroid dienone is 2. The third-order valence-corrected chi connectivity index (χ3v) is 6.77. The molecule has 1 unspecified atom stereocenters. The fraction of sp³-hybridized carbons (Fsp3) is 0.346. The van der Waals surface area contributed by atoms with E-state index in [1.165, 1.54) is 6.07 Å². The van der Waals surface area contributed by atoms with Gasteiger partial charge in [0.25, 0.3) is 0 Å². The van der Waals surface area contributed by atoms with E-state index < -0.39 is 6.04 Å². The molecule has 0 radical (unpaired) electrons. The first-order valence-electron chi connectivity index (χ1n) is 11.8. The molecule has 0 saturated carbocycles. The molecule has 2 heterocycles. The first-order chi connectivity index (χ1) is 17.1. The number of aromatic nitrogens is 3. The van der Waals surface area contributed by atoms with Gasteiger partial charge >= 0.3 is 0 Å². The highest BCUT2D eigenvalue weighted by molar-refractivity contribution is 7.99. The van der Waals surface area contributed by atoms with Gasteiger partial charge in [-0.3, -0.25) is 4.79 Å². The van der Waals surface area contributed by atoms with E-state index in [-0.39, 0.29) is 18.2 Å². The van der Waals surface area contributed by atoms with Crippen LogP contribution in [0.25, 0.3) is 0 Å². The van der Waals surface area contributed by atoms with Crippen molar-refractivity contribution < 1.29 is 18.7 Å². The Morgan fingerprint density at radius 3 is 2.80 bits per heavy atom. The van der Waals surface area contributed by atoms with Crippen molar-refractivity contribution in [1.29, 1.82) is 0 Å². The van der Waals surface area contributed by atoms with Gasteiger partial charge in [0.05, 0.1) is 6.61 Å². The van der Waals surface area contributed by atoms with Gasteiger partial charge in [-0.2, -0.15) is 4.98 Å². The molecule has 0 bridgehead atoms. The highest BCUT2D eigenvalue weighted by Crippen LogP contribution is 2.42. The van der Waals surface area contributed by atoms with Crippen molar-refractivity contribution in [2.24, 2.45) is 0 Å². The lowest BCUT2D eigenvalue weighted by Crippen LogP contribution is -2.31. The summed E-state index contributed by atoms with van der Waals surface area (Å²) in [4.78, 5) is 17.7. The number of rotatable bonds is 8. The fourth-order valence-corrected chi connectivity index (χ4v) is 5.04. The highest BCUT2D eigenvalue weighted by Gasteiger charge is 2.37. The molecular formula is C26H27FN4O3S. The summed E-state index contributed by atoms with van der Waals surface area (Å²) in [6.45, 7) is 4.46. The van der Waals surface area contributed by atoms with Crippen LogP contribution in [-0.2, 0) is 11.4 Å². The zero-order chi connectivity index (χ0) is 24.4. The van der Waals surface area contributed by atoms with Crippen LogP contribution in [0.1, 0.15) is 50.3 Å². The number of thioether (sulfide) groups is 1. The van der Waals surface area contributed by atoms with Crippen molar-refractivity contribution >= 4 is 23.5 Å². The van der Waals surface area contributed by atoms with Crippen LogP contribution < -0.4 is 14.8 Å². The monoisotopic (exact) mass is 494 g/mol. The Kier molecular flexibility index (Phi) is 6.77. The van der Waals surface area contributed by atoms with Crippen molar-refractivity contribution in [2.75, 3.05) is 17.7 Å². The van der Waals surface area contributed by atoms with E-state index in [9.17, 15) is 9.18 Å². The van der Waals surface area contributed by atoms with Gasteiger partial charge in [0.2, 0.25) is 11.1 Å². The molecule has 1 N–H and O–H groups in total. The maximum absolute atomic E-state index is 14.1. The number of carbonyl (C=O) groups excluding carboxylic acids is 1. The van der Waals surface area contributed by atoms with Gasteiger partial charge in [-0.15, -0.1) is 5.10 Å². The number of benzene rings is 2. The summed E-state index contributed by atoms with van der Waals surface area (Å²) >= 11 is 1.56. The molecule has 7 nitrogen and oxygen atoms in total. The first-order valence-corrected chi connectivity index (χ1v) is 12.8. The molecule has 1 aliphatic carbocycles. The smallest absolute Gasteiger partial charge is 0.227 e. The third-order valence-electron chi connectivity index (χ3n) is 6.05. The van der Waals surface area contributed by atoms with Gasteiger partial charge in [0.15, 0.2) is 17.3 Å². The Labute approximate surface area is 207 Å². The van der Waals surface area contributed by atoms with Crippen LogP contribution in [0.3, 0.4) is 0 Å². The molecule has 0 spiro atoms. The van der Waals surface area contributed by atoms with Crippen LogP contribution >= 0.6 is 11.8 Å². The van der Waals surface area contributed by atoms with Crippen molar-refractivity contribution in [3.8, 4) is 11.5 Å². The molecule has 3 aromatic rings. The van der Waals surface area contributed by atoms with Crippen LogP contribution in [0.15, 0.2) is 58.9 Å². The van der Waals surface area contributed by atoms with Crippen LogP contribution in [0.4, 0.5) is 10.3 Å². The summed E-state index contributed by atoms with van der Waals surface area (Å²) < 4.78 is 27.7. The molecule has 1 aromatic heterocycles. The molecule has 1 atom stereocenters. The van der Waals surface area contributed by atoms with E-state index in [1.54, 1.807) is 34.6 Å². The predicted octanol–water partition coefficient (Wildman–Crippen LogP) is 5.53. The van der Waals surface area contributed by atoms with Gasteiger partial charge in [-0.25, -0.2) is 9.07 Å². The van der Waals surface area contributed by atoms with E-state index in [0.717, 1.165) is 35.4 Å². The Balaban J connectivity index is 1.53. The summed E-state index contributed by atoms with van der Waals surface area (Å²) in [7, 11) is 0. The Hall–Kier alpha value is -3.33. The normalized spacial score (nSPS) is 17.0. The van der Waals surface area contributed by atoms with Crippen molar-refractivity contribution in [1.82, 2.24) is 14.8 Å². The van der Waals surface area contributed by atoms with E-state index in [1.807, 2.05) is 25.1 Å². The topological polar surface area (TPSA) is 78.3 Å². The van der Waals surface area contributed by atoms with Crippen LogP contribution in [0, 0.1) is 5.82 Å². The maximum Gasteiger partial charge on any atom is 0.227 e. The van der Waals surface area contributed by atoms with Crippen molar-refractivity contribution in [3.63, 3.8) is 0 Å². The SMILES string of the molecule is CCOc1cc(C2C3=C(CCCC3=O)Nc3nc(SCC)nn32)ccc1OCc1ccccc1F. The van der Waals surface area contributed by atoms with E-state index in [4.69, 9.17) is 14.6 Å². The number of hydrogen-bond donors (Lipinski definition) is 1. The van der Waals surface area contributed by atoms with E-state index in [2.05, 4.69) is 17.2 Å². The lowest BCUT2D eigenvalue weighted by atomic mass is 9.85. The number of carbonyl (C=O) groups is 1. The number of hydrogen-bond acceptors (Lipinski definition) is 7. The quantitative estimate of drug-likeness (QED) is 0.413. The van der Waals surface area contributed by atoms with Crippen molar-refractivity contribution in [3.05, 3.63) is 70.7 Å². The zero-order valence-electron chi connectivity index (χ0n) is 19.7. The minimum absolute atomic E-state index is 0.0814. The summed E-state index contributed by atoms with van der Waals surface area (Å²) in [5.74, 6) is 2.34. The van der Waals surface area contributed by atoms with Gasteiger partial charge in [0.1, 0.15) is 18.5 Å². The molecule has 0 fully saturated rings. The summed E-state index contributed by atoms with van der Waals surface area (Å²) in [5.41, 5.74) is 2.96. The fourth-order valence-electron chi connectivity index (χ4n) is 4.49. The number of halogens is 1.